The Kier molecular flexibility index (Phi) is 2.94. The molecule has 1 aliphatic rings. The van der Waals surface area contributed by atoms with Crippen LogP contribution in [-0.4, -0.2) is 51.1 Å². The van der Waals surface area contributed by atoms with E-state index >= 15 is 0 Å². The van der Waals surface area contributed by atoms with Gasteiger partial charge in [0, 0.05) is 5.92 Å². The number of ether oxygens (including phenoxy) is 1. The summed E-state index contributed by atoms with van der Waals surface area (Å²) < 4.78 is 5.01. The van der Waals surface area contributed by atoms with Crippen molar-refractivity contribution in [3.63, 3.8) is 0 Å². The van der Waals surface area contributed by atoms with Crippen molar-refractivity contribution in [2.75, 3.05) is 6.61 Å². The highest BCUT2D eigenvalue weighted by molar-refractivity contribution is 4.91. The summed E-state index contributed by atoms with van der Waals surface area (Å²) in [5.41, 5.74) is 0. The van der Waals surface area contributed by atoms with Crippen molar-refractivity contribution in [3.05, 3.63) is 0 Å². The third kappa shape index (κ3) is 1.84. The van der Waals surface area contributed by atoms with Crippen molar-refractivity contribution >= 4 is 0 Å². The van der Waals surface area contributed by atoms with Crippen LogP contribution in [0, 0.1) is 5.92 Å². The molecule has 0 spiro atoms. The van der Waals surface area contributed by atoms with E-state index in [4.69, 9.17) is 9.84 Å². The molecule has 0 aromatic carbocycles. The molecule has 4 N–H and O–H groups in total. The number of hydrogen-bond donors (Lipinski definition) is 4. The molecule has 5 heteroatoms. The molecule has 0 amide bonds. The van der Waals surface area contributed by atoms with Gasteiger partial charge in [-0.3, -0.25) is 0 Å². The molecule has 2 unspecified atom stereocenters. The van der Waals surface area contributed by atoms with Crippen molar-refractivity contribution in [2.24, 2.45) is 5.92 Å². The van der Waals surface area contributed by atoms with Crippen LogP contribution in [-0.2, 0) is 4.74 Å². The summed E-state index contributed by atoms with van der Waals surface area (Å²) in [7, 11) is 0. The van der Waals surface area contributed by atoms with E-state index in [1.54, 1.807) is 6.92 Å². The topological polar surface area (TPSA) is 90.2 Å². The maximum Gasteiger partial charge on any atom is 0.168 e. The van der Waals surface area contributed by atoms with Crippen LogP contribution in [0.1, 0.15) is 13.8 Å². The molecule has 1 aliphatic heterocycles. The van der Waals surface area contributed by atoms with Crippen molar-refractivity contribution in [3.8, 4) is 0 Å². The molecule has 0 radical (unpaired) electrons. The van der Waals surface area contributed by atoms with Gasteiger partial charge >= 0.3 is 0 Å². The average molecular weight is 192 g/mol. The van der Waals surface area contributed by atoms with E-state index in [0.717, 1.165) is 0 Å². The summed E-state index contributed by atoms with van der Waals surface area (Å²) in [6.45, 7) is 2.54. The van der Waals surface area contributed by atoms with E-state index in [9.17, 15) is 15.3 Å². The molecule has 1 fully saturated rings. The standard InChI is InChI=1S/C8H16O5/c1-4-6(10)7(11)5(3-9)13-8(4,2)12/h4-7,9-12H,3H2,1-2H3/t4?,5?,6-,7+,8-/m0/s1. The molecule has 0 bridgehead atoms. The van der Waals surface area contributed by atoms with E-state index in [0.29, 0.717) is 0 Å². The van der Waals surface area contributed by atoms with Crippen LogP contribution in [0.2, 0.25) is 0 Å². The largest absolute Gasteiger partial charge is 0.394 e. The fraction of sp³-hybridized carbons (Fsp3) is 1.00. The molecular weight excluding hydrogens is 176 g/mol. The van der Waals surface area contributed by atoms with Gasteiger partial charge in [-0.15, -0.1) is 0 Å². The quantitative estimate of drug-likeness (QED) is 0.403. The van der Waals surface area contributed by atoms with Gasteiger partial charge in [-0.2, -0.15) is 0 Å². The van der Waals surface area contributed by atoms with Gasteiger partial charge in [0.2, 0.25) is 0 Å². The predicted molar refractivity (Wildman–Crippen MR) is 43.8 cm³/mol. The minimum Gasteiger partial charge on any atom is -0.394 e. The second kappa shape index (κ2) is 3.51. The smallest absolute Gasteiger partial charge is 0.168 e. The predicted octanol–water partition coefficient (Wildman–Crippen LogP) is -1.56. The first kappa shape index (κ1) is 10.9. The van der Waals surface area contributed by atoms with Gasteiger partial charge in [0.05, 0.1) is 12.7 Å². The molecular formula is C8H16O5. The second-order valence-electron chi connectivity index (χ2n) is 3.66. The Morgan fingerprint density at radius 2 is 1.85 bits per heavy atom. The van der Waals surface area contributed by atoms with Gasteiger partial charge in [0.15, 0.2) is 5.79 Å². The van der Waals surface area contributed by atoms with Crippen LogP contribution in [0.3, 0.4) is 0 Å². The lowest BCUT2D eigenvalue weighted by molar-refractivity contribution is -0.323. The van der Waals surface area contributed by atoms with E-state index in [1.807, 2.05) is 0 Å². The highest BCUT2D eigenvalue weighted by Gasteiger charge is 2.47. The lowest BCUT2D eigenvalue weighted by Gasteiger charge is -2.44. The summed E-state index contributed by atoms with van der Waals surface area (Å²) in [6, 6.07) is 0. The zero-order valence-corrected chi connectivity index (χ0v) is 7.71. The average Bonchev–Trinajstić information content (AvgIpc) is 2.08. The minimum atomic E-state index is -1.51. The zero-order valence-electron chi connectivity index (χ0n) is 7.71. The highest BCUT2D eigenvalue weighted by Crippen LogP contribution is 2.32. The monoisotopic (exact) mass is 192 g/mol. The summed E-state index contributed by atoms with van der Waals surface area (Å²) in [6.07, 6.45) is -3.16. The van der Waals surface area contributed by atoms with Gasteiger partial charge in [-0.1, -0.05) is 6.92 Å². The van der Waals surface area contributed by atoms with Crippen molar-refractivity contribution < 1.29 is 25.2 Å². The van der Waals surface area contributed by atoms with Gasteiger partial charge in [-0.25, -0.2) is 0 Å². The van der Waals surface area contributed by atoms with E-state index < -0.39 is 36.6 Å². The van der Waals surface area contributed by atoms with E-state index in [1.165, 1.54) is 6.92 Å². The molecule has 1 saturated heterocycles. The highest BCUT2D eigenvalue weighted by atomic mass is 16.6. The molecule has 5 nitrogen and oxygen atoms in total. The van der Waals surface area contributed by atoms with Gasteiger partial charge in [0.1, 0.15) is 12.2 Å². The molecule has 1 rings (SSSR count). The lowest BCUT2D eigenvalue weighted by atomic mass is 9.86. The minimum absolute atomic E-state index is 0.429. The van der Waals surface area contributed by atoms with E-state index in [-0.39, 0.29) is 0 Å². The number of rotatable bonds is 1. The van der Waals surface area contributed by atoms with E-state index in [2.05, 4.69) is 0 Å². The molecule has 0 saturated carbocycles. The Morgan fingerprint density at radius 3 is 2.31 bits per heavy atom. The first-order valence-corrected chi connectivity index (χ1v) is 4.27. The molecule has 0 aromatic rings. The molecule has 1 heterocycles. The third-order valence-electron chi connectivity index (χ3n) is 2.66. The van der Waals surface area contributed by atoms with Gasteiger partial charge in [-0.05, 0) is 6.92 Å². The maximum absolute atomic E-state index is 9.63. The summed E-state index contributed by atoms with van der Waals surface area (Å²) in [5, 5.41) is 37.3. The first-order valence-electron chi connectivity index (χ1n) is 4.27. The SMILES string of the molecule is CC1[C@H](O)[C@H](O)C(CO)O[C@]1(C)O. The third-order valence-corrected chi connectivity index (χ3v) is 2.66. The van der Waals surface area contributed by atoms with Crippen molar-refractivity contribution in [1.29, 1.82) is 0 Å². The Morgan fingerprint density at radius 1 is 1.31 bits per heavy atom. The molecule has 0 aromatic heterocycles. The molecule has 13 heavy (non-hydrogen) atoms. The van der Waals surface area contributed by atoms with Crippen LogP contribution in [0.25, 0.3) is 0 Å². The van der Waals surface area contributed by atoms with Gasteiger partial charge in [0.25, 0.3) is 0 Å². The molecule has 78 valence electrons. The van der Waals surface area contributed by atoms with Crippen molar-refractivity contribution in [1.82, 2.24) is 0 Å². The fourth-order valence-corrected chi connectivity index (χ4v) is 1.46. The van der Waals surface area contributed by atoms with Crippen LogP contribution >= 0.6 is 0 Å². The second-order valence-corrected chi connectivity index (χ2v) is 3.66. The number of aliphatic hydroxyl groups is 4. The first-order chi connectivity index (χ1) is 5.90. The lowest BCUT2D eigenvalue weighted by Crippen LogP contribution is -2.59. The Balaban J connectivity index is 2.79. The molecule has 5 atom stereocenters. The zero-order chi connectivity index (χ0) is 10.2. The maximum atomic E-state index is 9.63. The molecule has 0 aliphatic carbocycles. The van der Waals surface area contributed by atoms with Crippen LogP contribution in [0.15, 0.2) is 0 Å². The van der Waals surface area contributed by atoms with Crippen LogP contribution in [0.4, 0.5) is 0 Å². The Labute approximate surface area is 76.6 Å². The van der Waals surface area contributed by atoms with Crippen LogP contribution < -0.4 is 0 Å². The number of aliphatic hydroxyl groups excluding tert-OH is 3. The fourth-order valence-electron chi connectivity index (χ4n) is 1.46. The summed E-state index contributed by atoms with van der Waals surface area (Å²) in [5.74, 6) is -2.10. The van der Waals surface area contributed by atoms with Gasteiger partial charge < -0.3 is 25.2 Å². The van der Waals surface area contributed by atoms with Crippen LogP contribution in [0.5, 0.6) is 0 Å². The number of hydrogen-bond acceptors (Lipinski definition) is 5. The Hall–Kier alpha value is -0.200. The normalized spacial score (nSPS) is 52.2. The summed E-state index contributed by atoms with van der Waals surface area (Å²) >= 11 is 0. The Bertz CT molecular complexity index is 179. The summed E-state index contributed by atoms with van der Waals surface area (Å²) in [4.78, 5) is 0. The van der Waals surface area contributed by atoms with Crippen molar-refractivity contribution in [2.45, 2.75) is 37.9 Å².